The van der Waals surface area contributed by atoms with Crippen molar-refractivity contribution >= 4 is 5.91 Å². The molecule has 1 aliphatic carbocycles. The average Bonchev–Trinajstić information content (AvgIpc) is 3.48. The van der Waals surface area contributed by atoms with Gasteiger partial charge >= 0.3 is 0 Å². The number of hydrogen-bond acceptors (Lipinski definition) is 5. The molecule has 35 heavy (non-hydrogen) atoms. The average molecular weight is 469 g/mol. The Bertz CT molecular complexity index is 1360. The second kappa shape index (κ2) is 8.46. The van der Waals surface area contributed by atoms with E-state index in [9.17, 15) is 4.79 Å². The molecule has 8 heteroatoms. The summed E-state index contributed by atoms with van der Waals surface area (Å²) < 4.78 is 8.95. The molecule has 0 atom stereocenters. The van der Waals surface area contributed by atoms with Gasteiger partial charge < -0.3 is 10.1 Å². The molecule has 1 amide bonds. The molecule has 0 radical (unpaired) electrons. The van der Waals surface area contributed by atoms with Gasteiger partial charge in [-0.25, -0.2) is 9.67 Å². The highest BCUT2D eigenvalue weighted by Gasteiger charge is 2.50. The van der Waals surface area contributed by atoms with Crippen LogP contribution in [0.4, 0.5) is 0 Å². The fourth-order valence-corrected chi connectivity index (χ4v) is 5.13. The van der Waals surface area contributed by atoms with E-state index in [1.807, 2.05) is 42.3 Å². The smallest absolute Gasteiger partial charge is 0.270 e. The van der Waals surface area contributed by atoms with Gasteiger partial charge in [-0.3, -0.25) is 9.48 Å². The Morgan fingerprint density at radius 3 is 2.60 bits per heavy atom. The van der Waals surface area contributed by atoms with Crippen molar-refractivity contribution in [3.8, 4) is 17.1 Å². The molecule has 1 saturated heterocycles. The monoisotopic (exact) mass is 468 g/mol. The maximum Gasteiger partial charge on any atom is 0.270 e. The lowest BCUT2D eigenvalue weighted by molar-refractivity contribution is -0.165. The molecule has 1 spiro atoms. The Balaban J connectivity index is 1.28. The Hall–Kier alpha value is -3.78. The number of rotatable bonds is 6. The number of nitrogens with zero attached hydrogens (tertiary/aromatic N) is 5. The molecule has 2 aliphatic rings. The van der Waals surface area contributed by atoms with Gasteiger partial charge in [-0.2, -0.15) is 10.2 Å². The zero-order valence-electron chi connectivity index (χ0n) is 19.9. The van der Waals surface area contributed by atoms with Crippen molar-refractivity contribution in [1.82, 2.24) is 29.9 Å². The van der Waals surface area contributed by atoms with E-state index >= 15 is 0 Å². The zero-order chi connectivity index (χ0) is 24.0. The topological polar surface area (TPSA) is 86.9 Å². The van der Waals surface area contributed by atoms with Crippen LogP contribution in [-0.2, 0) is 18.2 Å². The molecule has 8 nitrogen and oxygen atoms in total. The number of aromatic nitrogens is 5. The summed E-state index contributed by atoms with van der Waals surface area (Å²) in [6.07, 6.45) is 8.24. The van der Waals surface area contributed by atoms with Crippen molar-refractivity contribution in [2.24, 2.45) is 12.5 Å². The van der Waals surface area contributed by atoms with E-state index in [4.69, 9.17) is 9.72 Å². The first-order valence-electron chi connectivity index (χ1n) is 12.0. The molecule has 0 bridgehead atoms. The number of benzene rings is 1. The highest BCUT2D eigenvalue weighted by molar-refractivity contribution is 5.93. The number of amides is 1. The maximum absolute atomic E-state index is 13.2. The fraction of sp³-hybridized carbons (Fsp3) is 0.333. The Morgan fingerprint density at radius 2 is 1.97 bits per heavy atom. The lowest BCUT2D eigenvalue weighted by atomic mass is 9.64. The predicted octanol–water partition coefficient (Wildman–Crippen LogP) is 3.48. The largest absolute Gasteiger partial charge is 0.380 e. The molecule has 4 aromatic rings. The van der Waals surface area contributed by atoms with Crippen LogP contribution in [0.3, 0.4) is 0 Å². The van der Waals surface area contributed by atoms with Crippen LogP contribution in [0.2, 0.25) is 0 Å². The molecule has 178 valence electrons. The van der Waals surface area contributed by atoms with Crippen molar-refractivity contribution in [2.45, 2.75) is 32.2 Å². The summed E-state index contributed by atoms with van der Waals surface area (Å²) in [6, 6.07) is 14.3. The third kappa shape index (κ3) is 4.14. The number of nitrogens with one attached hydrogen (secondary N) is 1. The van der Waals surface area contributed by atoms with Crippen LogP contribution in [0.5, 0.6) is 0 Å². The van der Waals surface area contributed by atoms with Crippen LogP contribution in [-0.4, -0.2) is 49.7 Å². The predicted molar refractivity (Wildman–Crippen MR) is 131 cm³/mol. The normalized spacial score (nSPS) is 16.6. The van der Waals surface area contributed by atoms with Crippen molar-refractivity contribution in [2.75, 3.05) is 13.2 Å². The summed E-state index contributed by atoms with van der Waals surface area (Å²) in [5.74, 6) is -0.127. The van der Waals surface area contributed by atoms with E-state index in [1.54, 1.807) is 10.9 Å². The standard InChI is InChI=1S/C27H28N6O2/c1-18-20(12-19-4-6-22(7-5-19)33-10-3-9-28-33)13-24(30-25(18)23-8-11-32(2)31-23)26(34)29-21-14-27(15-21)16-35-17-27/h3-11,13,21H,12,14-17H2,1-2H3,(H,29,34). The van der Waals surface area contributed by atoms with Gasteiger partial charge in [0.2, 0.25) is 0 Å². The number of ether oxygens (including phenoxy) is 1. The summed E-state index contributed by atoms with van der Waals surface area (Å²) >= 11 is 0. The highest BCUT2D eigenvalue weighted by Crippen LogP contribution is 2.46. The van der Waals surface area contributed by atoms with Crippen LogP contribution < -0.4 is 5.32 Å². The minimum absolute atomic E-state index is 0.127. The fourth-order valence-electron chi connectivity index (χ4n) is 5.13. The van der Waals surface area contributed by atoms with Gasteiger partial charge in [0.05, 0.1) is 24.6 Å². The minimum atomic E-state index is -0.127. The van der Waals surface area contributed by atoms with Crippen LogP contribution >= 0.6 is 0 Å². The van der Waals surface area contributed by atoms with Crippen LogP contribution in [0, 0.1) is 12.3 Å². The summed E-state index contributed by atoms with van der Waals surface area (Å²) in [5, 5.41) is 12.0. The summed E-state index contributed by atoms with van der Waals surface area (Å²) in [4.78, 5) is 18.0. The van der Waals surface area contributed by atoms with Gasteiger partial charge in [0.15, 0.2) is 0 Å². The third-order valence-corrected chi connectivity index (χ3v) is 7.18. The van der Waals surface area contributed by atoms with Gasteiger partial charge in [0, 0.05) is 37.1 Å². The Labute approximate surface area is 203 Å². The molecule has 3 aromatic heterocycles. The van der Waals surface area contributed by atoms with Crippen molar-refractivity contribution in [1.29, 1.82) is 0 Å². The van der Waals surface area contributed by atoms with Gasteiger partial charge in [-0.15, -0.1) is 0 Å². The van der Waals surface area contributed by atoms with E-state index < -0.39 is 0 Å². The van der Waals surface area contributed by atoms with Gasteiger partial charge in [0.1, 0.15) is 11.4 Å². The molecule has 4 heterocycles. The first kappa shape index (κ1) is 21.7. The SMILES string of the molecule is Cc1c(Cc2ccc(-n3cccn3)cc2)cc(C(=O)NC2CC3(COC3)C2)nc1-c1ccn(C)n1. The Kier molecular flexibility index (Phi) is 5.25. The van der Waals surface area contributed by atoms with E-state index in [2.05, 4.69) is 46.7 Å². The number of pyridine rings is 1. The van der Waals surface area contributed by atoms with Gasteiger partial charge in [-0.05, 0) is 73.2 Å². The van der Waals surface area contributed by atoms with E-state index in [0.29, 0.717) is 17.5 Å². The van der Waals surface area contributed by atoms with Crippen molar-refractivity contribution in [3.63, 3.8) is 0 Å². The summed E-state index contributed by atoms with van der Waals surface area (Å²) in [7, 11) is 1.88. The molecule has 2 fully saturated rings. The van der Waals surface area contributed by atoms with Gasteiger partial charge in [-0.1, -0.05) is 12.1 Å². The minimum Gasteiger partial charge on any atom is -0.380 e. The molecule has 1 N–H and O–H groups in total. The summed E-state index contributed by atoms with van der Waals surface area (Å²) in [6.45, 7) is 3.68. The highest BCUT2D eigenvalue weighted by atomic mass is 16.5. The van der Waals surface area contributed by atoms with Crippen molar-refractivity contribution in [3.05, 3.63) is 83.4 Å². The first-order chi connectivity index (χ1) is 17.0. The number of hydrogen-bond donors (Lipinski definition) is 1. The van der Waals surface area contributed by atoms with E-state index in [0.717, 1.165) is 59.8 Å². The lowest BCUT2D eigenvalue weighted by Crippen LogP contribution is -2.59. The summed E-state index contributed by atoms with van der Waals surface area (Å²) in [5.41, 5.74) is 6.51. The molecular weight excluding hydrogens is 440 g/mol. The van der Waals surface area contributed by atoms with Crippen molar-refractivity contribution < 1.29 is 9.53 Å². The van der Waals surface area contributed by atoms with Gasteiger partial charge in [0.25, 0.3) is 5.91 Å². The molecule has 6 rings (SSSR count). The van der Waals surface area contributed by atoms with Crippen LogP contribution in [0.15, 0.2) is 61.1 Å². The third-order valence-electron chi connectivity index (χ3n) is 7.18. The zero-order valence-corrected chi connectivity index (χ0v) is 19.9. The number of carbonyl (C=O) groups excluding carboxylic acids is 1. The maximum atomic E-state index is 13.2. The van der Waals surface area contributed by atoms with Crippen LogP contribution in [0.1, 0.15) is 40.0 Å². The van der Waals surface area contributed by atoms with E-state index in [-0.39, 0.29) is 11.9 Å². The molecule has 1 aliphatic heterocycles. The van der Waals surface area contributed by atoms with Crippen LogP contribution in [0.25, 0.3) is 17.1 Å². The molecule has 1 saturated carbocycles. The number of carbonyl (C=O) groups is 1. The quantitative estimate of drug-likeness (QED) is 0.468. The molecule has 0 unspecified atom stereocenters. The Morgan fingerprint density at radius 1 is 1.17 bits per heavy atom. The number of aryl methyl sites for hydroxylation is 1. The molecule has 1 aromatic carbocycles. The van der Waals surface area contributed by atoms with E-state index in [1.165, 1.54) is 0 Å². The second-order valence-electron chi connectivity index (χ2n) is 9.88. The molecular formula is C27H28N6O2. The first-order valence-corrected chi connectivity index (χ1v) is 12.0. The lowest BCUT2D eigenvalue weighted by Gasteiger charge is -2.53. The second-order valence-corrected chi connectivity index (χ2v) is 9.88.